The van der Waals surface area contributed by atoms with Gasteiger partial charge in [-0.15, -0.1) is 23.5 Å². The Hall–Kier alpha value is -2.61. The number of rotatable bonds is 7. The molecule has 3 atom stereocenters. The summed E-state index contributed by atoms with van der Waals surface area (Å²) in [7, 11) is 1.29. The third-order valence-corrected chi connectivity index (χ3v) is 7.03. The second-order valence-corrected chi connectivity index (χ2v) is 8.72. The number of ether oxygens (including phenoxy) is 2. The molecular formula is C16H20N4O8S2. The Kier molecular flexibility index (Phi) is 6.65. The highest BCUT2D eigenvalue weighted by Crippen LogP contribution is 2.42. The molecule has 0 radical (unpaired) electrons. The molecule has 4 N–H and O–H groups in total. The number of primary amides is 1. The van der Waals surface area contributed by atoms with Crippen molar-refractivity contribution >= 4 is 53.1 Å². The third kappa shape index (κ3) is 4.28. The number of hydrogen-bond acceptors (Lipinski definition) is 10. The molecule has 2 unspecified atom stereocenters. The fourth-order valence-electron chi connectivity index (χ4n) is 3.11. The zero-order valence-corrected chi connectivity index (χ0v) is 17.5. The first-order valence-corrected chi connectivity index (χ1v) is 10.8. The molecule has 14 heteroatoms. The summed E-state index contributed by atoms with van der Waals surface area (Å²) in [6.07, 6.45) is -1.09. The molecule has 0 bridgehead atoms. The molecule has 2 fully saturated rings. The molecule has 0 saturated carbocycles. The van der Waals surface area contributed by atoms with Gasteiger partial charge < -0.3 is 35.4 Å². The van der Waals surface area contributed by atoms with Gasteiger partial charge in [0.05, 0.1) is 6.61 Å². The van der Waals surface area contributed by atoms with Crippen LogP contribution >= 0.6 is 23.5 Å². The maximum atomic E-state index is 12.7. The number of carboxylic acids is 1. The van der Waals surface area contributed by atoms with Crippen LogP contribution in [0.3, 0.4) is 0 Å². The van der Waals surface area contributed by atoms with Crippen molar-refractivity contribution in [3.63, 3.8) is 0 Å². The van der Waals surface area contributed by atoms with Crippen LogP contribution in [0.4, 0.5) is 4.79 Å². The molecule has 2 saturated heterocycles. The Morgan fingerprint density at radius 1 is 1.50 bits per heavy atom. The number of aliphatic carboxylic acids is 1. The molecule has 30 heavy (non-hydrogen) atoms. The SMILES string of the molecule is CON=C(C(=O)NC1C(=O)N2CC(COC(N)=O)(C(=O)O)CS[C@H]12)C1=CSCCO1. The molecule has 12 nitrogen and oxygen atoms in total. The molecular weight excluding hydrogens is 440 g/mol. The Morgan fingerprint density at radius 2 is 2.27 bits per heavy atom. The van der Waals surface area contributed by atoms with E-state index in [0.29, 0.717) is 6.61 Å². The van der Waals surface area contributed by atoms with Gasteiger partial charge in [-0.05, 0) is 0 Å². The van der Waals surface area contributed by atoms with E-state index in [2.05, 4.69) is 10.5 Å². The maximum absolute atomic E-state index is 12.7. The highest BCUT2D eigenvalue weighted by molar-refractivity contribution is 8.02. The summed E-state index contributed by atoms with van der Waals surface area (Å²) in [6.45, 7) is -0.208. The fraction of sp³-hybridized carbons (Fsp3) is 0.562. The van der Waals surface area contributed by atoms with Crippen LogP contribution in [0.2, 0.25) is 0 Å². The summed E-state index contributed by atoms with van der Waals surface area (Å²) in [6, 6.07) is -0.856. The van der Waals surface area contributed by atoms with E-state index in [9.17, 15) is 24.3 Å². The lowest BCUT2D eigenvalue weighted by atomic mass is 9.88. The monoisotopic (exact) mass is 460 g/mol. The molecule has 3 aliphatic rings. The van der Waals surface area contributed by atoms with Crippen molar-refractivity contribution in [3.8, 4) is 0 Å². The molecule has 0 aromatic heterocycles. The molecule has 0 spiro atoms. The maximum Gasteiger partial charge on any atom is 0.404 e. The van der Waals surface area contributed by atoms with Crippen molar-refractivity contribution in [2.24, 2.45) is 16.3 Å². The standard InChI is InChI=1S/C16H20N4O8S2/c1-26-19-9(8-4-29-3-2-27-8)11(21)18-10-12(22)20-5-16(14(23)24,6-28-15(17)25)7-30-13(10)20/h4,10,13H,2-3,5-7H2,1H3,(H2,17,25)(H,18,21)(H,23,24)/t10?,13-,16?/m1/s1. The van der Waals surface area contributed by atoms with E-state index in [1.54, 1.807) is 5.41 Å². The Balaban J connectivity index is 1.67. The van der Waals surface area contributed by atoms with Crippen LogP contribution in [0.1, 0.15) is 0 Å². The van der Waals surface area contributed by atoms with Crippen molar-refractivity contribution < 1.29 is 38.6 Å². The molecule has 0 aliphatic carbocycles. The van der Waals surface area contributed by atoms with Gasteiger partial charge in [-0.25, -0.2) is 4.79 Å². The number of β-lactam (4-membered cyclic amide) rings is 1. The van der Waals surface area contributed by atoms with Gasteiger partial charge in [0.1, 0.15) is 30.5 Å². The summed E-state index contributed by atoms with van der Waals surface area (Å²) in [5.74, 6) is -1.24. The van der Waals surface area contributed by atoms with Crippen LogP contribution in [0, 0.1) is 5.41 Å². The molecule has 0 aromatic rings. The van der Waals surface area contributed by atoms with Crippen molar-refractivity contribution in [1.82, 2.24) is 10.2 Å². The first-order chi connectivity index (χ1) is 14.3. The quantitative estimate of drug-likeness (QED) is 0.247. The molecule has 3 heterocycles. The number of nitrogens with zero attached hydrogens (tertiary/aromatic N) is 2. The Bertz CT molecular complexity index is 819. The van der Waals surface area contributed by atoms with Gasteiger partial charge >= 0.3 is 12.1 Å². The minimum Gasteiger partial charge on any atom is -0.490 e. The average Bonchev–Trinajstić information content (AvgIpc) is 2.74. The van der Waals surface area contributed by atoms with Crippen LogP contribution in [-0.2, 0) is 28.7 Å². The molecule has 164 valence electrons. The average molecular weight is 460 g/mol. The number of amides is 3. The highest BCUT2D eigenvalue weighted by Gasteiger charge is 2.58. The van der Waals surface area contributed by atoms with E-state index in [0.717, 1.165) is 5.75 Å². The first-order valence-electron chi connectivity index (χ1n) is 8.74. The van der Waals surface area contributed by atoms with Gasteiger partial charge in [0.2, 0.25) is 11.6 Å². The van der Waals surface area contributed by atoms with E-state index >= 15 is 0 Å². The lowest BCUT2D eigenvalue weighted by Crippen LogP contribution is -2.74. The number of nitrogens with two attached hydrogens (primary N) is 1. The first kappa shape index (κ1) is 22.1. The second-order valence-electron chi connectivity index (χ2n) is 6.64. The van der Waals surface area contributed by atoms with Crippen LogP contribution in [0.15, 0.2) is 16.3 Å². The predicted octanol–water partition coefficient (Wildman–Crippen LogP) is -0.840. The highest BCUT2D eigenvalue weighted by atomic mass is 32.2. The predicted molar refractivity (Wildman–Crippen MR) is 106 cm³/mol. The van der Waals surface area contributed by atoms with E-state index in [1.165, 1.54) is 35.5 Å². The topological polar surface area (TPSA) is 170 Å². The van der Waals surface area contributed by atoms with E-state index in [4.69, 9.17) is 20.0 Å². The number of hydrogen-bond donors (Lipinski definition) is 3. The van der Waals surface area contributed by atoms with Crippen LogP contribution in [0.25, 0.3) is 0 Å². The smallest absolute Gasteiger partial charge is 0.404 e. The zero-order chi connectivity index (χ0) is 21.9. The molecule has 3 amide bonds. The molecule has 3 aliphatic heterocycles. The number of thioether (sulfide) groups is 2. The fourth-order valence-corrected chi connectivity index (χ4v) is 5.26. The van der Waals surface area contributed by atoms with Gasteiger partial charge in [0.25, 0.3) is 5.91 Å². The summed E-state index contributed by atoms with van der Waals surface area (Å²) in [5, 5.41) is 17.1. The van der Waals surface area contributed by atoms with Crippen molar-refractivity contribution in [2.75, 3.05) is 38.4 Å². The minimum atomic E-state index is -1.47. The molecule has 0 aromatic carbocycles. The number of carboxylic acid groups (broad SMARTS) is 1. The van der Waals surface area contributed by atoms with Gasteiger partial charge in [0, 0.05) is 23.5 Å². The number of carbonyl (C=O) groups is 4. The Morgan fingerprint density at radius 3 is 2.87 bits per heavy atom. The Labute approximate surface area is 179 Å². The van der Waals surface area contributed by atoms with Gasteiger partial charge in [0.15, 0.2) is 5.76 Å². The van der Waals surface area contributed by atoms with Crippen LogP contribution < -0.4 is 11.1 Å². The number of fused-ring (bicyclic) bond motifs is 1. The van der Waals surface area contributed by atoms with Gasteiger partial charge in [-0.3, -0.25) is 14.4 Å². The van der Waals surface area contributed by atoms with E-state index in [1.807, 2.05) is 0 Å². The van der Waals surface area contributed by atoms with Crippen molar-refractivity contribution in [3.05, 3.63) is 11.2 Å². The second kappa shape index (κ2) is 9.04. The van der Waals surface area contributed by atoms with Gasteiger partial charge in [-0.2, -0.15) is 0 Å². The zero-order valence-electron chi connectivity index (χ0n) is 15.9. The van der Waals surface area contributed by atoms with E-state index < -0.39 is 47.3 Å². The van der Waals surface area contributed by atoms with Gasteiger partial charge in [-0.1, -0.05) is 5.16 Å². The van der Waals surface area contributed by atoms with E-state index in [-0.39, 0.29) is 23.8 Å². The minimum absolute atomic E-state index is 0.0698. The van der Waals surface area contributed by atoms with Crippen molar-refractivity contribution in [1.29, 1.82) is 0 Å². The molecule has 3 rings (SSSR count). The summed E-state index contributed by atoms with van der Waals surface area (Å²) < 4.78 is 10.1. The summed E-state index contributed by atoms with van der Waals surface area (Å²) in [5.41, 5.74) is 3.37. The summed E-state index contributed by atoms with van der Waals surface area (Å²) in [4.78, 5) is 54.0. The van der Waals surface area contributed by atoms with Crippen LogP contribution in [-0.4, -0.2) is 89.4 Å². The lowest BCUT2D eigenvalue weighted by molar-refractivity contribution is -0.160. The largest absolute Gasteiger partial charge is 0.490 e. The number of nitrogens with one attached hydrogen (secondary N) is 1. The number of oxime groups is 1. The van der Waals surface area contributed by atoms with Crippen LogP contribution in [0.5, 0.6) is 0 Å². The third-order valence-electron chi connectivity index (χ3n) is 4.66. The number of carbonyl (C=O) groups excluding carboxylic acids is 3. The summed E-state index contributed by atoms with van der Waals surface area (Å²) >= 11 is 2.63. The van der Waals surface area contributed by atoms with Crippen molar-refractivity contribution in [2.45, 2.75) is 11.4 Å². The lowest BCUT2D eigenvalue weighted by Gasteiger charge is -2.53. The normalized spacial score (nSPS) is 28.3.